The molecule has 0 saturated carbocycles. The van der Waals surface area contributed by atoms with Gasteiger partial charge in [-0.2, -0.15) is 13.2 Å². The highest BCUT2D eigenvalue weighted by atomic mass is 19.4. The number of likely N-dealkylation sites (tertiary alicyclic amines) is 1. The summed E-state index contributed by atoms with van der Waals surface area (Å²) in [6.07, 6.45) is -0.659. The van der Waals surface area contributed by atoms with E-state index in [1.165, 1.54) is 0 Å². The van der Waals surface area contributed by atoms with Crippen LogP contribution in [0.1, 0.15) is 29.6 Å². The van der Waals surface area contributed by atoms with Crippen LogP contribution in [0.25, 0.3) is 0 Å². The number of nitrogens with zero attached hydrogens (tertiary/aromatic N) is 2. The Labute approximate surface area is 182 Å². The number of aliphatic carboxylic acids is 1. The monoisotopic (exact) mass is 452 g/mol. The fraction of sp³-hybridized carbons (Fsp3) is 0.409. The van der Waals surface area contributed by atoms with Gasteiger partial charge in [-0.05, 0) is 31.0 Å². The van der Waals surface area contributed by atoms with E-state index in [2.05, 4.69) is 4.98 Å². The number of hydrogen-bond acceptors (Lipinski definition) is 5. The fourth-order valence-electron chi connectivity index (χ4n) is 3.78. The van der Waals surface area contributed by atoms with E-state index < -0.39 is 12.1 Å². The molecule has 10 heteroatoms. The van der Waals surface area contributed by atoms with Gasteiger partial charge in [-0.15, -0.1) is 0 Å². The molecule has 2 saturated heterocycles. The van der Waals surface area contributed by atoms with Crippen molar-refractivity contribution in [1.82, 2.24) is 9.88 Å². The second-order valence-corrected chi connectivity index (χ2v) is 7.61. The first-order chi connectivity index (χ1) is 15.2. The summed E-state index contributed by atoms with van der Waals surface area (Å²) in [5.41, 5.74) is 0.445. The summed E-state index contributed by atoms with van der Waals surface area (Å²) in [7, 11) is 0. The maximum absolute atomic E-state index is 12.7. The van der Waals surface area contributed by atoms with Crippen molar-refractivity contribution in [2.75, 3.05) is 19.7 Å². The highest BCUT2D eigenvalue weighted by Crippen LogP contribution is 2.36. The molecule has 2 aromatic rings. The molecule has 172 valence electrons. The van der Waals surface area contributed by atoms with Crippen molar-refractivity contribution < 1.29 is 37.3 Å². The van der Waals surface area contributed by atoms with Crippen molar-refractivity contribution in [2.24, 2.45) is 0 Å². The largest absolute Gasteiger partial charge is 0.490 e. The van der Waals surface area contributed by atoms with Gasteiger partial charge in [-0.25, -0.2) is 9.78 Å². The van der Waals surface area contributed by atoms with Gasteiger partial charge < -0.3 is 19.5 Å². The van der Waals surface area contributed by atoms with E-state index in [1.54, 1.807) is 6.20 Å². The zero-order chi connectivity index (χ0) is 23.2. The molecule has 0 aliphatic carbocycles. The number of carboxylic acid groups (broad SMARTS) is 1. The van der Waals surface area contributed by atoms with E-state index in [4.69, 9.17) is 19.4 Å². The molecule has 0 unspecified atom stereocenters. The molecular formula is C22H23F3N2O5. The fourth-order valence-corrected chi connectivity index (χ4v) is 3.78. The summed E-state index contributed by atoms with van der Waals surface area (Å²) in [5, 5.41) is 7.12. The molecule has 1 N–H and O–H groups in total. The van der Waals surface area contributed by atoms with Crippen molar-refractivity contribution in [1.29, 1.82) is 0 Å². The van der Waals surface area contributed by atoms with Crippen molar-refractivity contribution in [3.8, 4) is 5.88 Å². The molecule has 7 nitrogen and oxygen atoms in total. The van der Waals surface area contributed by atoms with Gasteiger partial charge in [-0.3, -0.25) is 4.79 Å². The number of amides is 1. The number of aromatic nitrogens is 1. The second kappa shape index (κ2) is 9.99. The standard InChI is InChI=1S/C20H22N2O3.C2HF3O2/c23-19(16-7-2-1-3-8-16)22-12-6-10-20(15-22)13-17(14-24-20)25-18-9-4-5-11-21-18;3-2(4,5)1(6)7/h1-5,7-9,11,17H,6,10,12-15H2;(H,6,7)/t17-,20+;/m1./s1. The van der Waals surface area contributed by atoms with Crippen LogP contribution < -0.4 is 4.74 Å². The average Bonchev–Trinajstić information content (AvgIpc) is 3.15. The van der Waals surface area contributed by atoms with Crippen LogP contribution in [0.4, 0.5) is 13.2 Å². The molecule has 4 rings (SSSR count). The van der Waals surface area contributed by atoms with Gasteiger partial charge in [0.1, 0.15) is 6.10 Å². The van der Waals surface area contributed by atoms with Crippen LogP contribution in [-0.2, 0) is 9.53 Å². The number of carbonyl (C=O) groups is 2. The summed E-state index contributed by atoms with van der Waals surface area (Å²) >= 11 is 0. The Hall–Kier alpha value is -3.14. The number of hydrogen-bond donors (Lipinski definition) is 1. The predicted octanol–water partition coefficient (Wildman–Crippen LogP) is 3.56. The van der Waals surface area contributed by atoms with Gasteiger partial charge in [0.2, 0.25) is 5.88 Å². The van der Waals surface area contributed by atoms with Gasteiger partial charge in [0.25, 0.3) is 5.91 Å². The van der Waals surface area contributed by atoms with Crippen LogP contribution in [-0.4, -0.2) is 64.4 Å². The minimum Gasteiger partial charge on any atom is -0.475 e. The lowest BCUT2D eigenvalue weighted by atomic mass is 9.89. The lowest BCUT2D eigenvalue weighted by Gasteiger charge is -2.39. The molecule has 1 amide bonds. The summed E-state index contributed by atoms with van der Waals surface area (Å²) in [5.74, 6) is -2.05. The van der Waals surface area contributed by atoms with E-state index in [9.17, 15) is 18.0 Å². The highest BCUT2D eigenvalue weighted by molar-refractivity contribution is 5.94. The summed E-state index contributed by atoms with van der Waals surface area (Å²) < 4.78 is 43.8. The Kier molecular flexibility index (Phi) is 7.34. The molecule has 2 aliphatic heterocycles. The second-order valence-electron chi connectivity index (χ2n) is 7.61. The normalized spacial score (nSPS) is 22.7. The molecule has 0 bridgehead atoms. The Morgan fingerprint density at radius 2 is 1.84 bits per heavy atom. The van der Waals surface area contributed by atoms with Crippen LogP contribution in [0.5, 0.6) is 5.88 Å². The quantitative estimate of drug-likeness (QED) is 0.766. The molecule has 2 fully saturated rings. The molecular weight excluding hydrogens is 429 g/mol. The van der Waals surface area contributed by atoms with Gasteiger partial charge in [0.05, 0.1) is 18.8 Å². The predicted molar refractivity (Wildman–Crippen MR) is 107 cm³/mol. The maximum atomic E-state index is 12.7. The van der Waals surface area contributed by atoms with Crippen LogP contribution >= 0.6 is 0 Å². The molecule has 2 atom stereocenters. The SMILES string of the molecule is O=C(O)C(F)(F)F.O=C(c1ccccc1)N1CCC[C@]2(C[C@@H](Oc3ccccn3)CO2)C1. The third-order valence-corrected chi connectivity index (χ3v) is 5.19. The lowest BCUT2D eigenvalue weighted by molar-refractivity contribution is -0.192. The lowest BCUT2D eigenvalue weighted by Crippen LogP contribution is -2.50. The van der Waals surface area contributed by atoms with E-state index in [1.807, 2.05) is 53.4 Å². The van der Waals surface area contributed by atoms with Gasteiger partial charge in [-0.1, -0.05) is 24.3 Å². The Bertz CT molecular complexity index is 911. The molecule has 32 heavy (non-hydrogen) atoms. The van der Waals surface area contributed by atoms with Crippen molar-refractivity contribution in [3.05, 3.63) is 60.3 Å². The topological polar surface area (TPSA) is 89.0 Å². The summed E-state index contributed by atoms with van der Waals surface area (Å²) in [6.45, 7) is 1.96. The summed E-state index contributed by atoms with van der Waals surface area (Å²) in [6, 6.07) is 15.1. The number of rotatable bonds is 3. The molecule has 2 aliphatic rings. The average molecular weight is 452 g/mol. The van der Waals surface area contributed by atoms with Gasteiger partial charge >= 0.3 is 12.1 Å². The minimum atomic E-state index is -5.08. The molecule has 1 spiro atoms. The summed E-state index contributed by atoms with van der Waals surface area (Å²) in [4.78, 5) is 27.8. The zero-order valence-electron chi connectivity index (χ0n) is 17.1. The Morgan fingerprint density at radius 3 is 2.47 bits per heavy atom. The van der Waals surface area contributed by atoms with E-state index >= 15 is 0 Å². The van der Waals surface area contributed by atoms with E-state index in [-0.39, 0.29) is 17.6 Å². The molecule has 0 radical (unpaired) electrons. The van der Waals surface area contributed by atoms with Crippen molar-refractivity contribution in [3.63, 3.8) is 0 Å². The first-order valence-electron chi connectivity index (χ1n) is 10.0. The van der Waals surface area contributed by atoms with Crippen LogP contribution in [0.2, 0.25) is 0 Å². The number of piperidine rings is 1. The smallest absolute Gasteiger partial charge is 0.475 e. The number of benzene rings is 1. The van der Waals surface area contributed by atoms with Crippen molar-refractivity contribution >= 4 is 11.9 Å². The van der Waals surface area contributed by atoms with Crippen LogP contribution in [0.3, 0.4) is 0 Å². The zero-order valence-corrected chi connectivity index (χ0v) is 17.1. The third kappa shape index (κ3) is 6.19. The van der Waals surface area contributed by atoms with Crippen LogP contribution in [0.15, 0.2) is 54.7 Å². The van der Waals surface area contributed by atoms with Gasteiger partial charge in [0.15, 0.2) is 0 Å². The first-order valence-corrected chi connectivity index (χ1v) is 10.0. The number of halogens is 3. The minimum absolute atomic E-state index is 0.0123. The number of pyridine rings is 1. The van der Waals surface area contributed by atoms with Gasteiger partial charge in [0, 0.05) is 30.8 Å². The third-order valence-electron chi connectivity index (χ3n) is 5.19. The number of carbonyl (C=O) groups excluding carboxylic acids is 1. The first kappa shape index (κ1) is 23.5. The molecule has 1 aromatic heterocycles. The molecule has 1 aromatic carbocycles. The van der Waals surface area contributed by atoms with E-state index in [0.29, 0.717) is 19.0 Å². The maximum Gasteiger partial charge on any atom is 0.490 e. The Balaban J connectivity index is 0.000000360. The number of ether oxygens (including phenoxy) is 2. The number of alkyl halides is 3. The number of carboxylic acids is 1. The van der Waals surface area contributed by atoms with E-state index in [0.717, 1.165) is 31.4 Å². The Morgan fingerprint density at radius 1 is 1.16 bits per heavy atom. The highest BCUT2D eigenvalue weighted by Gasteiger charge is 2.45. The van der Waals surface area contributed by atoms with Crippen molar-refractivity contribution in [2.45, 2.75) is 37.1 Å². The molecule has 3 heterocycles. The van der Waals surface area contributed by atoms with Crippen LogP contribution in [0, 0.1) is 0 Å².